The number of nitrogens with one attached hydrogen (secondary N) is 2. The van der Waals surface area contributed by atoms with E-state index in [9.17, 15) is 0 Å². The molecule has 0 aliphatic carbocycles. The van der Waals surface area contributed by atoms with E-state index >= 15 is 0 Å². The van der Waals surface area contributed by atoms with Crippen LogP contribution in [-0.4, -0.2) is 4.98 Å². The molecule has 0 amide bonds. The third-order valence-corrected chi connectivity index (χ3v) is 3.75. The van der Waals surface area contributed by atoms with Crippen LogP contribution in [0.2, 0.25) is 0 Å². The lowest BCUT2D eigenvalue weighted by molar-refractivity contribution is 0.867. The van der Waals surface area contributed by atoms with Gasteiger partial charge in [-0.3, -0.25) is 0 Å². The highest BCUT2D eigenvalue weighted by atomic mass is 14.9. The Labute approximate surface area is 119 Å². The molecule has 0 atom stereocenters. The maximum atomic E-state index is 3.50. The van der Waals surface area contributed by atoms with Gasteiger partial charge in [0, 0.05) is 29.3 Å². The van der Waals surface area contributed by atoms with Crippen LogP contribution in [0.15, 0.2) is 54.7 Å². The van der Waals surface area contributed by atoms with Crippen molar-refractivity contribution in [1.29, 1.82) is 0 Å². The van der Waals surface area contributed by atoms with Crippen molar-refractivity contribution in [3.63, 3.8) is 0 Å². The molecule has 3 rings (SSSR count). The summed E-state index contributed by atoms with van der Waals surface area (Å²) in [4.78, 5) is 3.25. The molecule has 1 heterocycles. The highest BCUT2D eigenvalue weighted by Crippen LogP contribution is 2.20. The minimum Gasteiger partial charge on any atom is -0.381 e. The maximum Gasteiger partial charge on any atom is 0.0457 e. The lowest BCUT2D eigenvalue weighted by Gasteiger charge is -2.10. The SMILES string of the molecule is CC(C)c1ccc(NCc2cccc3[nH]ccc23)cc1. The monoisotopic (exact) mass is 264 g/mol. The van der Waals surface area contributed by atoms with Gasteiger partial charge in [0.25, 0.3) is 0 Å². The summed E-state index contributed by atoms with van der Waals surface area (Å²) >= 11 is 0. The number of rotatable bonds is 4. The molecule has 3 aromatic rings. The van der Waals surface area contributed by atoms with Gasteiger partial charge in [-0.2, -0.15) is 0 Å². The fourth-order valence-corrected chi connectivity index (χ4v) is 2.49. The van der Waals surface area contributed by atoms with Crippen LogP contribution in [0.5, 0.6) is 0 Å². The van der Waals surface area contributed by atoms with Gasteiger partial charge >= 0.3 is 0 Å². The summed E-state index contributed by atoms with van der Waals surface area (Å²) in [6, 6.07) is 17.2. The smallest absolute Gasteiger partial charge is 0.0457 e. The topological polar surface area (TPSA) is 27.8 Å². The lowest BCUT2D eigenvalue weighted by Crippen LogP contribution is -2.00. The third kappa shape index (κ3) is 2.55. The molecule has 0 saturated heterocycles. The van der Waals surface area contributed by atoms with E-state index in [0.29, 0.717) is 5.92 Å². The zero-order valence-corrected chi connectivity index (χ0v) is 12.0. The van der Waals surface area contributed by atoms with Crippen molar-refractivity contribution in [2.45, 2.75) is 26.3 Å². The molecule has 0 fully saturated rings. The molecule has 2 nitrogen and oxygen atoms in total. The molecule has 0 saturated carbocycles. The van der Waals surface area contributed by atoms with Gasteiger partial charge in [0.15, 0.2) is 0 Å². The highest BCUT2D eigenvalue weighted by molar-refractivity contribution is 5.83. The largest absolute Gasteiger partial charge is 0.381 e. The zero-order chi connectivity index (χ0) is 13.9. The molecule has 2 aromatic carbocycles. The van der Waals surface area contributed by atoms with Crippen LogP contribution in [0.1, 0.15) is 30.9 Å². The van der Waals surface area contributed by atoms with Gasteiger partial charge in [0.05, 0.1) is 0 Å². The minimum atomic E-state index is 0.581. The van der Waals surface area contributed by atoms with Crippen LogP contribution in [0, 0.1) is 0 Å². The Kier molecular flexibility index (Phi) is 3.46. The highest BCUT2D eigenvalue weighted by Gasteiger charge is 2.02. The van der Waals surface area contributed by atoms with E-state index in [4.69, 9.17) is 0 Å². The summed E-state index contributed by atoms with van der Waals surface area (Å²) in [5.74, 6) is 0.581. The van der Waals surface area contributed by atoms with Crippen molar-refractivity contribution in [1.82, 2.24) is 4.98 Å². The van der Waals surface area contributed by atoms with E-state index < -0.39 is 0 Å². The number of aromatic amines is 1. The van der Waals surface area contributed by atoms with Crippen molar-refractivity contribution in [2.75, 3.05) is 5.32 Å². The Morgan fingerprint density at radius 1 is 1.00 bits per heavy atom. The van der Waals surface area contributed by atoms with Crippen molar-refractivity contribution in [3.05, 3.63) is 65.9 Å². The molecular formula is C18H20N2. The first kappa shape index (κ1) is 12.8. The van der Waals surface area contributed by atoms with Crippen LogP contribution in [-0.2, 0) is 6.54 Å². The van der Waals surface area contributed by atoms with Gasteiger partial charge in [-0.15, -0.1) is 0 Å². The van der Waals surface area contributed by atoms with Gasteiger partial charge in [-0.1, -0.05) is 38.1 Å². The second kappa shape index (κ2) is 5.41. The summed E-state index contributed by atoms with van der Waals surface area (Å²) in [7, 11) is 0. The van der Waals surface area contributed by atoms with E-state index in [1.54, 1.807) is 0 Å². The Balaban J connectivity index is 1.74. The predicted octanol–water partition coefficient (Wildman–Crippen LogP) is 4.90. The van der Waals surface area contributed by atoms with Gasteiger partial charge in [-0.25, -0.2) is 0 Å². The van der Waals surface area contributed by atoms with Crippen LogP contribution >= 0.6 is 0 Å². The van der Waals surface area contributed by atoms with E-state index in [2.05, 4.69) is 72.7 Å². The standard InChI is InChI=1S/C18H20N2/c1-13(2)14-6-8-16(9-7-14)20-12-15-4-3-5-18-17(15)10-11-19-18/h3-11,13,19-20H,12H2,1-2H3. The van der Waals surface area contributed by atoms with E-state index in [-0.39, 0.29) is 0 Å². The zero-order valence-electron chi connectivity index (χ0n) is 12.0. The molecule has 1 aromatic heterocycles. The average molecular weight is 264 g/mol. The second-order valence-electron chi connectivity index (χ2n) is 5.49. The summed E-state index contributed by atoms with van der Waals surface area (Å²) < 4.78 is 0. The molecule has 0 unspecified atom stereocenters. The Morgan fingerprint density at radius 2 is 1.80 bits per heavy atom. The maximum absolute atomic E-state index is 3.50. The summed E-state index contributed by atoms with van der Waals surface area (Å²) in [6.45, 7) is 5.28. The van der Waals surface area contributed by atoms with Crippen LogP contribution < -0.4 is 5.32 Å². The van der Waals surface area contributed by atoms with Crippen molar-refractivity contribution in [2.24, 2.45) is 0 Å². The summed E-state index contributed by atoms with van der Waals surface area (Å²) in [5.41, 5.74) is 5.06. The number of aromatic nitrogens is 1. The number of hydrogen-bond donors (Lipinski definition) is 2. The molecule has 0 radical (unpaired) electrons. The summed E-state index contributed by atoms with van der Waals surface area (Å²) in [5, 5.41) is 4.79. The molecular weight excluding hydrogens is 244 g/mol. The normalized spacial score (nSPS) is 11.2. The molecule has 20 heavy (non-hydrogen) atoms. The quantitative estimate of drug-likeness (QED) is 0.689. The Hall–Kier alpha value is -2.22. The molecule has 102 valence electrons. The number of benzene rings is 2. The summed E-state index contributed by atoms with van der Waals surface area (Å²) in [6.07, 6.45) is 1.99. The van der Waals surface area contributed by atoms with Crippen molar-refractivity contribution >= 4 is 16.6 Å². The van der Waals surface area contributed by atoms with Gasteiger partial charge in [-0.05, 0) is 41.3 Å². The fraction of sp³-hybridized carbons (Fsp3) is 0.222. The average Bonchev–Trinajstić information content (AvgIpc) is 2.94. The third-order valence-electron chi connectivity index (χ3n) is 3.75. The molecule has 0 bridgehead atoms. The van der Waals surface area contributed by atoms with Crippen molar-refractivity contribution < 1.29 is 0 Å². The van der Waals surface area contributed by atoms with E-state index in [1.165, 1.54) is 27.7 Å². The first-order valence-corrected chi connectivity index (χ1v) is 7.13. The van der Waals surface area contributed by atoms with Crippen LogP contribution in [0.3, 0.4) is 0 Å². The predicted molar refractivity (Wildman–Crippen MR) is 86.2 cm³/mol. The number of fused-ring (bicyclic) bond motifs is 1. The van der Waals surface area contributed by atoms with E-state index in [1.807, 2.05) is 6.20 Å². The second-order valence-corrected chi connectivity index (χ2v) is 5.49. The first-order chi connectivity index (χ1) is 9.74. The number of H-pyrrole nitrogens is 1. The molecule has 0 aliphatic heterocycles. The van der Waals surface area contributed by atoms with Crippen molar-refractivity contribution in [3.8, 4) is 0 Å². The minimum absolute atomic E-state index is 0.581. The van der Waals surface area contributed by atoms with Crippen LogP contribution in [0.25, 0.3) is 10.9 Å². The Morgan fingerprint density at radius 3 is 2.55 bits per heavy atom. The van der Waals surface area contributed by atoms with Gasteiger partial charge < -0.3 is 10.3 Å². The van der Waals surface area contributed by atoms with Crippen LogP contribution in [0.4, 0.5) is 5.69 Å². The first-order valence-electron chi connectivity index (χ1n) is 7.13. The van der Waals surface area contributed by atoms with Gasteiger partial charge in [0.2, 0.25) is 0 Å². The molecule has 2 N–H and O–H groups in total. The molecule has 0 spiro atoms. The molecule has 2 heteroatoms. The van der Waals surface area contributed by atoms with E-state index in [0.717, 1.165) is 6.54 Å². The fourth-order valence-electron chi connectivity index (χ4n) is 2.49. The Bertz CT molecular complexity index is 693. The molecule has 0 aliphatic rings. The number of hydrogen-bond acceptors (Lipinski definition) is 1. The van der Waals surface area contributed by atoms with Gasteiger partial charge in [0.1, 0.15) is 0 Å². The number of anilines is 1. The lowest BCUT2D eigenvalue weighted by atomic mass is 10.0.